The molecular formula is C24H28N2O4. The molecule has 6 nitrogen and oxygen atoms in total. The van der Waals surface area contributed by atoms with Crippen molar-refractivity contribution < 1.29 is 19.4 Å². The van der Waals surface area contributed by atoms with E-state index in [1.165, 1.54) is 0 Å². The molecule has 2 aliphatic rings. The van der Waals surface area contributed by atoms with E-state index in [1.807, 2.05) is 61.5 Å². The molecule has 3 amide bonds. The van der Waals surface area contributed by atoms with Crippen molar-refractivity contribution in [2.45, 2.75) is 50.4 Å². The number of rotatable bonds is 7. The Labute approximate surface area is 176 Å². The fraction of sp³-hybridized carbons (Fsp3) is 0.417. The molecule has 1 saturated heterocycles. The molecule has 2 fully saturated rings. The van der Waals surface area contributed by atoms with Crippen molar-refractivity contribution in [2.24, 2.45) is 0 Å². The van der Waals surface area contributed by atoms with Crippen molar-refractivity contribution >= 4 is 11.9 Å². The summed E-state index contributed by atoms with van der Waals surface area (Å²) in [7, 11) is 0. The number of imide groups is 1. The molecule has 0 unspecified atom stereocenters. The third-order valence-corrected chi connectivity index (χ3v) is 6.03. The summed E-state index contributed by atoms with van der Waals surface area (Å²) in [5.41, 5.74) is 2.36. The summed E-state index contributed by atoms with van der Waals surface area (Å²) >= 11 is 0. The molecule has 0 bridgehead atoms. The molecule has 2 atom stereocenters. The number of nitrogens with one attached hydrogen (secondary N) is 1. The highest BCUT2D eigenvalue weighted by Gasteiger charge is 2.52. The molecule has 1 aliphatic heterocycles. The Bertz CT molecular complexity index is 891. The lowest BCUT2D eigenvalue weighted by Gasteiger charge is -2.24. The van der Waals surface area contributed by atoms with Crippen molar-refractivity contribution in [1.82, 2.24) is 10.2 Å². The summed E-state index contributed by atoms with van der Waals surface area (Å²) in [5.74, 6) is -0.220. The smallest absolute Gasteiger partial charge is 0.325 e. The number of ether oxygens (including phenoxy) is 1. The number of carbonyl (C=O) groups excluding carboxylic acids is 2. The van der Waals surface area contributed by atoms with Crippen LogP contribution in [-0.4, -0.2) is 46.7 Å². The van der Waals surface area contributed by atoms with E-state index in [9.17, 15) is 14.7 Å². The van der Waals surface area contributed by atoms with E-state index in [0.29, 0.717) is 12.8 Å². The Hall–Kier alpha value is -2.70. The van der Waals surface area contributed by atoms with E-state index < -0.39 is 17.7 Å². The van der Waals surface area contributed by atoms with Gasteiger partial charge in [0, 0.05) is 0 Å². The summed E-state index contributed by atoms with van der Waals surface area (Å²) in [5, 5.41) is 13.4. The lowest BCUT2D eigenvalue weighted by Crippen LogP contribution is -2.45. The SMILES string of the molecule is Cc1ccc([C@H](OC[C@H](O)CN2C(=O)NC3(CCCC3)C2=O)c2ccccc2)cc1. The van der Waals surface area contributed by atoms with Crippen molar-refractivity contribution in [3.05, 3.63) is 71.3 Å². The largest absolute Gasteiger partial charge is 0.389 e. The highest BCUT2D eigenvalue weighted by atomic mass is 16.5. The third-order valence-electron chi connectivity index (χ3n) is 6.03. The second kappa shape index (κ2) is 8.58. The van der Waals surface area contributed by atoms with Crippen LogP contribution >= 0.6 is 0 Å². The minimum absolute atomic E-state index is 0.0114. The van der Waals surface area contributed by atoms with Crippen molar-refractivity contribution in [3.8, 4) is 0 Å². The molecule has 4 rings (SSSR count). The second-order valence-electron chi connectivity index (χ2n) is 8.32. The molecule has 1 aliphatic carbocycles. The summed E-state index contributed by atoms with van der Waals surface area (Å²) < 4.78 is 6.09. The summed E-state index contributed by atoms with van der Waals surface area (Å²) in [6.45, 7) is 1.97. The molecular weight excluding hydrogens is 380 g/mol. The molecule has 2 N–H and O–H groups in total. The van der Waals surface area contributed by atoms with Gasteiger partial charge in [0.1, 0.15) is 11.6 Å². The van der Waals surface area contributed by atoms with Gasteiger partial charge in [0.2, 0.25) is 0 Å². The van der Waals surface area contributed by atoms with Gasteiger partial charge in [-0.05, 0) is 30.9 Å². The molecule has 0 aromatic heterocycles. The first-order valence-corrected chi connectivity index (χ1v) is 10.5. The number of β-amino-alcohol motifs (C(OH)–C–C–N with tert-alkyl or cyclic N) is 1. The van der Waals surface area contributed by atoms with Gasteiger partial charge >= 0.3 is 6.03 Å². The van der Waals surface area contributed by atoms with E-state index >= 15 is 0 Å². The number of amides is 3. The Morgan fingerprint density at radius 1 is 1.03 bits per heavy atom. The molecule has 2 aromatic carbocycles. The zero-order valence-corrected chi connectivity index (χ0v) is 17.2. The van der Waals surface area contributed by atoms with Crippen LogP contribution in [0.1, 0.15) is 48.5 Å². The lowest BCUT2D eigenvalue weighted by molar-refractivity contribution is -0.132. The first-order valence-electron chi connectivity index (χ1n) is 10.5. The van der Waals surface area contributed by atoms with Crippen LogP contribution in [0.2, 0.25) is 0 Å². The number of aryl methyl sites for hydroxylation is 1. The van der Waals surface area contributed by atoms with Crippen LogP contribution in [-0.2, 0) is 9.53 Å². The molecule has 2 aromatic rings. The molecule has 1 heterocycles. The van der Waals surface area contributed by atoms with Gasteiger partial charge in [-0.1, -0.05) is 73.0 Å². The summed E-state index contributed by atoms with van der Waals surface area (Å²) in [6.07, 6.45) is 1.90. The van der Waals surface area contributed by atoms with Crippen LogP contribution < -0.4 is 5.32 Å². The number of urea groups is 1. The van der Waals surface area contributed by atoms with Gasteiger partial charge in [0.05, 0.1) is 19.3 Å². The maximum Gasteiger partial charge on any atom is 0.325 e. The van der Waals surface area contributed by atoms with Crippen molar-refractivity contribution in [3.63, 3.8) is 0 Å². The first-order chi connectivity index (χ1) is 14.5. The number of hydrogen-bond donors (Lipinski definition) is 2. The lowest BCUT2D eigenvalue weighted by atomic mass is 9.98. The van der Waals surface area contributed by atoms with Gasteiger partial charge in [0.15, 0.2) is 0 Å². The minimum atomic E-state index is -0.965. The molecule has 30 heavy (non-hydrogen) atoms. The molecule has 1 saturated carbocycles. The maximum atomic E-state index is 12.8. The number of nitrogens with zero attached hydrogens (tertiary/aromatic N) is 1. The summed E-state index contributed by atoms with van der Waals surface area (Å²) in [6, 6.07) is 17.5. The number of benzene rings is 2. The molecule has 1 spiro atoms. The van der Waals surface area contributed by atoms with Crippen LogP contribution in [0.4, 0.5) is 4.79 Å². The van der Waals surface area contributed by atoms with Gasteiger partial charge in [-0.2, -0.15) is 0 Å². The zero-order valence-electron chi connectivity index (χ0n) is 17.2. The highest BCUT2D eigenvalue weighted by molar-refractivity contribution is 6.07. The predicted molar refractivity (Wildman–Crippen MR) is 113 cm³/mol. The van der Waals surface area contributed by atoms with Gasteiger partial charge in [0.25, 0.3) is 5.91 Å². The average Bonchev–Trinajstić information content (AvgIpc) is 3.31. The molecule has 6 heteroatoms. The van der Waals surface area contributed by atoms with Gasteiger partial charge in [-0.25, -0.2) is 4.79 Å². The predicted octanol–water partition coefficient (Wildman–Crippen LogP) is 3.33. The first kappa shape index (κ1) is 20.6. The van der Waals surface area contributed by atoms with Crippen molar-refractivity contribution in [1.29, 1.82) is 0 Å². The number of hydrogen-bond acceptors (Lipinski definition) is 4. The van der Waals surface area contributed by atoms with Crippen LogP contribution in [0.5, 0.6) is 0 Å². The van der Waals surface area contributed by atoms with Gasteiger partial charge in [-0.15, -0.1) is 0 Å². The summed E-state index contributed by atoms with van der Waals surface area (Å²) in [4.78, 5) is 26.3. The van der Waals surface area contributed by atoms with E-state index in [2.05, 4.69) is 5.32 Å². The molecule has 158 valence electrons. The Morgan fingerprint density at radius 2 is 1.67 bits per heavy atom. The fourth-order valence-electron chi connectivity index (χ4n) is 4.38. The van der Waals surface area contributed by atoms with Crippen LogP contribution in [0.25, 0.3) is 0 Å². The van der Waals surface area contributed by atoms with Crippen molar-refractivity contribution in [2.75, 3.05) is 13.2 Å². The Kier molecular flexibility index (Phi) is 5.88. The second-order valence-corrected chi connectivity index (χ2v) is 8.32. The Balaban J connectivity index is 1.43. The van der Waals surface area contributed by atoms with Gasteiger partial charge in [-0.3, -0.25) is 9.69 Å². The number of carbonyl (C=O) groups is 2. The standard InChI is InChI=1S/C24H28N2O4/c1-17-9-11-19(12-10-17)21(18-7-3-2-4-8-18)30-16-20(27)15-26-22(28)24(25-23(26)29)13-5-6-14-24/h2-4,7-12,20-21,27H,5-6,13-16H2,1H3,(H,25,29)/t20-,21-/m1/s1. The van der Waals surface area contributed by atoms with Crippen LogP contribution in [0, 0.1) is 6.92 Å². The quantitative estimate of drug-likeness (QED) is 0.689. The highest BCUT2D eigenvalue weighted by Crippen LogP contribution is 2.35. The normalized spacial score (nSPS) is 19.9. The van der Waals surface area contributed by atoms with Crippen LogP contribution in [0.15, 0.2) is 54.6 Å². The zero-order chi connectivity index (χ0) is 21.1. The topological polar surface area (TPSA) is 78.9 Å². The Morgan fingerprint density at radius 3 is 2.33 bits per heavy atom. The van der Waals surface area contributed by atoms with Gasteiger partial charge < -0.3 is 15.2 Å². The molecule has 0 radical (unpaired) electrons. The van der Waals surface area contributed by atoms with E-state index in [1.54, 1.807) is 0 Å². The van der Waals surface area contributed by atoms with E-state index in [4.69, 9.17) is 4.74 Å². The third kappa shape index (κ3) is 4.11. The van der Waals surface area contributed by atoms with Crippen LogP contribution in [0.3, 0.4) is 0 Å². The number of aliphatic hydroxyl groups is 1. The number of aliphatic hydroxyl groups excluding tert-OH is 1. The average molecular weight is 408 g/mol. The monoisotopic (exact) mass is 408 g/mol. The fourth-order valence-corrected chi connectivity index (χ4v) is 4.38. The van der Waals surface area contributed by atoms with E-state index in [-0.39, 0.29) is 25.2 Å². The maximum absolute atomic E-state index is 12.8. The van der Waals surface area contributed by atoms with E-state index in [0.717, 1.165) is 34.4 Å². The minimum Gasteiger partial charge on any atom is -0.389 e.